The Morgan fingerprint density at radius 3 is 3.00 bits per heavy atom. The van der Waals surface area contributed by atoms with Crippen molar-refractivity contribution >= 4 is 28.6 Å². The SMILES string of the molecule is CN[C@H](c1c[nH]c2c(N)ncnc12)C(O)CSC. The minimum Gasteiger partial charge on any atom is -0.390 e. The maximum atomic E-state index is 10.1. The zero-order valence-corrected chi connectivity index (χ0v) is 11.2. The van der Waals surface area contributed by atoms with Crippen LogP contribution in [-0.2, 0) is 0 Å². The number of thioether (sulfide) groups is 1. The number of H-pyrrole nitrogens is 1. The highest BCUT2D eigenvalue weighted by Crippen LogP contribution is 2.27. The third kappa shape index (κ3) is 2.29. The van der Waals surface area contributed by atoms with Crippen molar-refractivity contribution in [2.75, 3.05) is 24.8 Å². The lowest BCUT2D eigenvalue weighted by molar-refractivity contribution is 0.155. The van der Waals surface area contributed by atoms with Gasteiger partial charge >= 0.3 is 0 Å². The summed E-state index contributed by atoms with van der Waals surface area (Å²) < 4.78 is 0. The predicted octanol–water partition coefficient (Wildman–Crippen LogP) is 0.524. The molecular formula is C11H17N5OS. The van der Waals surface area contributed by atoms with Gasteiger partial charge in [0.1, 0.15) is 11.8 Å². The first-order chi connectivity index (χ1) is 8.69. The van der Waals surface area contributed by atoms with Gasteiger partial charge in [-0.1, -0.05) is 0 Å². The molecule has 18 heavy (non-hydrogen) atoms. The first kappa shape index (κ1) is 13.1. The monoisotopic (exact) mass is 267 g/mol. The molecule has 0 radical (unpaired) electrons. The van der Waals surface area contributed by atoms with Gasteiger partial charge in [0.15, 0.2) is 5.82 Å². The van der Waals surface area contributed by atoms with Crippen LogP contribution in [0.3, 0.4) is 0 Å². The van der Waals surface area contributed by atoms with Gasteiger partial charge in [0.05, 0.1) is 17.7 Å². The summed E-state index contributed by atoms with van der Waals surface area (Å²) in [6, 6.07) is -0.180. The van der Waals surface area contributed by atoms with Crippen LogP contribution in [0.25, 0.3) is 11.0 Å². The first-order valence-corrected chi connectivity index (χ1v) is 7.00. The molecule has 0 aliphatic heterocycles. The van der Waals surface area contributed by atoms with E-state index in [9.17, 15) is 5.11 Å². The summed E-state index contributed by atoms with van der Waals surface area (Å²) >= 11 is 1.60. The maximum absolute atomic E-state index is 10.1. The van der Waals surface area contributed by atoms with Crippen LogP contribution in [0.4, 0.5) is 5.82 Å². The molecule has 7 heteroatoms. The fourth-order valence-corrected chi connectivity index (χ4v) is 2.57. The number of rotatable bonds is 5. The Balaban J connectivity index is 2.42. The average molecular weight is 267 g/mol. The third-order valence-corrected chi connectivity index (χ3v) is 3.57. The van der Waals surface area contributed by atoms with E-state index >= 15 is 0 Å². The summed E-state index contributed by atoms with van der Waals surface area (Å²) in [5.41, 5.74) is 8.15. The van der Waals surface area contributed by atoms with Gasteiger partial charge in [-0.25, -0.2) is 9.97 Å². The molecule has 5 N–H and O–H groups in total. The van der Waals surface area contributed by atoms with E-state index in [1.54, 1.807) is 11.8 Å². The molecular weight excluding hydrogens is 250 g/mol. The van der Waals surface area contributed by atoms with Gasteiger partial charge in [0.25, 0.3) is 0 Å². The number of fused-ring (bicyclic) bond motifs is 1. The molecule has 2 rings (SSSR count). The summed E-state index contributed by atoms with van der Waals surface area (Å²) in [5.74, 6) is 1.07. The molecule has 2 heterocycles. The van der Waals surface area contributed by atoms with Crippen molar-refractivity contribution in [2.45, 2.75) is 12.1 Å². The summed E-state index contributed by atoms with van der Waals surface area (Å²) in [4.78, 5) is 11.2. The first-order valence-electron chi connectivity index (χ1n) is 5.60. The molecule has 0 saturated heterocycles. The van der Waals surface area contributed by atoms with E-state index < -0.39 is 6.10 Å². The van der Waals surface area contributed by atoms with Gasteiger partial charge in [0.2, 0.25) is 0 Å². The Bertz CT molecular complexity index is 529. The molecule has 0 aromatic carbocycles. The number of hydrogen-bond acceptors (Lipinski definition) is 6. The second-order valence-corrected chi connectivity index (χ2v) is 4.93. The normalized spacial score (nSPS) is 14.8. The summed E-state index contributed by atoms with van der Waals surface area (Å²) in [6.07, 6.45) is 4.73. The van der Waals surface area contributed by atoms with Gasteiger partial charge in [-0.3, -0.25) is 0 Å². The number of nitrogens with zero attached hydrogens (tertiary/aromatic N) is 2. The fraction of sp³-hybridized carbons (Fsp3) is 0.455. The van der Waals surface area contributed by atoms with Crippen LogP contribution in [-0.4, -0.2) is 45.2 Å². The standard InChI is InChI=1S/C11H17N5OS/c1-13-8(7(17)4-18-2)6-3-14-10-9(6)15-5-16-11(10)12/h3,5,7-8,13-14,17H,4H2,1-2H3,(H2,12,15,16)/t7?,8-/m1/s1. The molecule has 1 unspecified atom stereocenters. The Kier molecular flexibility index (Phi) is 4.05. The molecule has 6 nitrogen and oxygen atoms in total. The van der Waals surface area contributed by atoms with E-state index in [-0.39, 0.29) is 6.04 Å². The number of aliphatic hydroxyl groups excluding tert-OH is 1. The summed E-state index contributed by atoms with van der Waals surface area (Å²) in [5, 5.41) is 13.3. The van der Waals surface area contributed by atoms with Crippen LogP contribution in [0.2, 0.25) is 0 Å². The Hall–Kier alpha value is -1.31. The molecule has 0 saturated carbocycles. The van der Waals surface area contributed by atoms with Crippen LogP contribution in [0.15, 0.2) is 12.5 Å². The van der Waals surface area contributed by atoms with E-state index in [4.69, 9.17) is 5.73 Å². The van der Waals surface area contributed by atoms with Gasteiger partial charge < -0.3 is 21.1 Å². The zero-order chi connectivity index (χ0) is 13.1. The van der Waals surface area contributed by atoms with Crippen LogP contribution in [0.1, 0.15) is 11.6 Å². The van der Waals surface area contributed by atoms with Crippen LogP contribution in [0, 0.1) is 0 Å². The second-order valence-electron chi connectivity index (χ2n) is 4.02. The molecule has 0 amide bonds. The highest BCUT2D eigenvalue weighted by atomic mass is 32.2. The minimum absolute atomic E-state index is 0.180. The molecule has 98 valence electrons. The largest absolute Gasteiger partial charge is 0.390 e. The molecule has 0 aliphatic rings. The highest BCUT2D eigenvalue weighted by Gasteiger charge is 2.23. The van der Waals surface area contributed by atoms with Crippen molar-refractivity contribution in [1.82, 2.24) is 20.3 Å². The summed E-state index contributed by atoms with van der Waals surface area (Å²) in [7, 11) is 1.82. The maximum Gasteiger partial charge on any atom is 0.151 e. The number of nitrogen functional groups attached to an aromatic ring is 1. The quantitative estimate of drug-likeness (QED) is 0.630. The zero-order valence-electron chi connectivity index (χ0n) is 10.3. The van der Waals surface area contributed by atoms with Crippen LogP contribution >= 0.6 is 11.8 Å². The van der Waals surface area contributed by atoms with Crippen LogP contribution in [0.5, 0.6) is 0 Å². The van der Waals surface area contributed by atoms with E-state index in [0.717, 1.165) is 11.1 Å². The predicted molar refractivity (Wildman–Crippen MR) is 74.5 cm³/mol. The van der Waals surface area contributed by atoms with Crippen molar-refractivity contribution < 1.29 is 5.11 Å². The van der Waals surface area contributed by atoms with Crippen molar-refractivity contribution in [2.24, 2.45) is 0 Å². The molecule has 2 aromatic rings. The highest BCUT2D eigenvalue weighted by molar-refractivity contribution is 7.98. The number of nitrogens with one attached hydrogen (secondary N) is 2. The van der Waals surface area contributed by atoms with Crippen molar-refractivity contribution in [3.05, 3.63) is 18.1 Å². The number of aromatic nitrogens is 3. The number of nitrogens with two attached hydrogens (primary N) is 1. The Morgan fingerprint density at radius 1 is 1.56 bits per heavy atom. The number of aromatic amines is 1. The van der Waals surface area contributed by atoms with Gasteiger partial charge in [0, 0.05) is 17.5 Å². The van der Waals surface area contributed by atoms with E-state index in [0.29, 0.717) is 17.1 Å². The van der Waals surface area contributed by atoms with Crippen molar-refractivity contribution in [3.63, 3.8) is 0 Å². The van der Waals surface area contributed by atoms with Crippen molar-refractivity contribution in [3.8, 4) is 0 Å². The Morgan fingerprint density at radius 2 is 2.33 bits per heavy atom. The van der Waals surface area contributed by atoms with Gasteiger partial charge in [-0.05, 0) is 13.3 Å². The molecule has 2 aromatic heterocycles. The molecule has 2 atom stereocenters. The summed E-state index contributed by atoms with van der Waals surface area (Å²) in [6.45, 7) is 0. The smallest absolute Gasteiger partial charge is 0.151 e. The average Bonchev–Trinajstić information content (AvgIpc) is 2.76. The van der Waals surface area contributed by atoms with Crippen LogP contribution < -0.4 is 11.1 Å². The topological polar surface area (TPSA) is 99.9 Å². The second kappa shape index (κ2) is 5.55. The molecule has 0 spiro atoms. The Labute approximate surface area is 109 Å². The lowest BCUT2D eigenvalue weighted by Gasteiger charge is -2.21. The van der Waals surface area contributed by atoms with Crippen molar-refractivity contribution in [1.29, 1.82) is 0 Å². The lowest BCUT2D eigenvalue weighted by Crippen LogP contribution is -2.31. The van der Waals surface area contributed by atoms with Gasteiger partial charge in [-0.2, -0.15) is 11.8 Å². The van der Waals surface area contributed by atoms with E-state index in [2.05, 4.69) is 20.3 Å². The van der Waals surface area contributed by atoms with Gasteiger partial charge in [-0.15, -0.1) is 0 Å². The fourth-order valence-electron chi connectivity index (χ4n) is 2.04. The third-order valence-electron chi connectivity index (χ3n) is 2.89. The molecule has 0 bridgehead atoms. The molecule has 0 aliphatic carbocycles. The number of aliphatic hydroxyl groups is 1. The molecule has 0 fully saturated rings. The number of anilines is 1. The minimum atomic E-state index is -0.486. The van der Waals surface area contributed by atoms with E-state index in [1.807, 2.05) is 19.5 Å². The number of likely N-dealkylation sites (N-methyl/N-ethyl adjacent to an activating group) is 1. The van der Waals surface area contributed by atoms with E-state index in [1.165, 1.54) is 6.33 Å². The lowest BCUT2D eigenvalue weighted by atomic mass is 10.0. The number of hydrogen-bond donors (Lipinski definition) is 4.